The first-order valence-electron chi connectivity index (χ1n) is 5.13. The maximum Gasteiger partial charge on any atom is 0.312 e. The Kier molecular flexibility index (Phi) is 2.93. The smallest absolute Gasteiger partial charge is 0.312 e. The predicted octanol–water partition coefficient (Wildman–Crippen LogP) is -2.31. The molecule has 0 radical (unpaired) electrons. The first-order chi connectivity index (χ1) is 8.48. The molecular weight excluding hydrogens is 242 g/mol. The minimum absolute atomic E-state index is 0.00390. The number of hydrogen-bond acceptors (Lipinski definition) is 7. The summed E-state index contributed by atoms with van der Waals surface area (Å²) in [7, 11) is 0. The van der Waals surface area contributed by atoms with E-state index in [-0.39, 0.29) is 24.6 Å². The summed E-state index contributed by atoms with van der Waals surface area (Å²) in [6, 6.07) is 0. The standard InChI is InChI=1S/C9H11N5O4/c10-9(4(1-2-15)8(17)18)13-6-5(7(16)14-9)11-3-12-6/h3-4,15H,1-2,10H2,(H,14,16)(H,17,18). The molecular formula is C9H11N5O4. The third-order valence-corrected chi connectivity index (χ3v) is 2.65. The number of aliphatic carboxylic acids is 1. The van der Waals surface area contributed by atoms with E-state index < -0.39 is 23.6 Å². The summed E-state index contributed by atoms with van der Waals surface area (Å²) in [5.41, 5.74) is 5.80. The fourth-order valence-corrected chi connectivity index (χ4v) is 1.77. The number of aliphatic imine (C=N–C) groups is 3. The van der Waals surface area contributed by atoms with E-state index in [0.29, 0.717) is 0 Å². The molecule has 96 valence electrons. The van der Waals surface area contributed by atoms with Gasteiger partial charge < -0.3 is 15.5 Å². The summed E-state index contributed by atoms with van der Waals surface area (Å²) in [5.74, 6) is -4.98. The molecule has 18 heavy (non-hydrogen) atoms. The van der Waals surface area contributed by atoms with Crippen LogP contribution in [0.2, 0.25) is 0 Å². The Hall–Kier alpha value is -2.13. The lowest BCUT2D eigenvalue weighted by Gasteiger charge is -2.34. The van der Waals surface area contributed by atoms with Gasteiger partial charge in [0.15, 0.2) is 11.5 Å². The SMILES string of the molecule is NC1(C(CCO)C(=O)O)N=C2N=CN=C2C(=O)N1. The molecule has 2 heterocycles. The number of fused-ring (bicyclic) bond motifs is 1. The normalized spacial score (nSPS) is 27.1. The van der Waals surface area contributed by atoms with E-state index in [1.54, 1.807) is 0 Å². The maximum absolute atomic E-state index is 11.7. The summed E-state index contributed by atoms with van der Waals surface area (Å²) >= 11 is 0. The average Bonchev–Trinajstić information content (AvgIpc) is 2.73. The minimum atomic E-state index is -1.83. The highest BCUT2D eigenvalue weighted by Gasteiger charge is 2.46. The summed E-state index contributed by atoms with van der Waals surface area (Å²) in [6.45, 7) is -0.388. The lowest BCUT2D eigenvalue weighted by Crippen LogP contribution is -2.66. The van der Waals surface area contributed by atoms with Crippen LogP contribution >= 0.6 is 0 Å². The molecule has 5 N–H and O–H groups in total. The second kappa shape index (κ2) is 4.27. The average molecular weight is 253 g/mol. The first kappa shape index (κ1) is 12.3. The van der Waals surface area contributed by atoms with Gasteiger partial charge in [0.05, 0.1) is 0 Å². The van der Waals surface area contributed by atoms with Gasteiger partial charge in [-0.2, -0.15) is 0 Å². The molecule has 2 atom stereocenters. The van der Waals surface area contributed by atoms with Gasteiger partial charge in [0.25, 0.3) is 5.91 Å². The molecule has 0 aromatic rings. The molecule has 0 bridgehead atoms. The van der Waals surface area contributed by atoms with E-state index in [1.807, 2.05) is 0 Å². The van der Waals surface area contributed by atoms with Crippen molar-refractivity contribution in [2.75, 3.05) is 6.61 Å². The lowest BCUT2D eigenvalue weighted by atomic mass is 9.96. The van der Waals surface area contributed by atoms with Gasteiger partial charge in [0.2, 0.25) is 5.79 Å². The zero-order valence-corrected chi connectivity index (χ0v) is 9.20. The van der Waals surface area contributed by atoms with Crippen molar-refractivity contribution < 1.29 is 19.8 Å². The Labute approximate surface area is 101 Å². The number of carbonyl (C=O) groups is 2. The third-order valence-electron chi connectivity index (χ3n) is 2.65. The Balaban J connectivity index is 2.39. The molecule has 0 fully saturated rings. The summed E-state index contributed by atoms with van der Waals surface area (Å²) < 4.78 is 0. The van der Waals surface area contributed by atoms with Crippen molar-refractivity contribution in [2.45, 2.75) is 12.2 Å². The fraction of sp³-hybridized carbons (Fsp3) is 0.444. The molecule has 0 aromatic carbocycles. The van der Waals surface area contributed by atoms with Gasteiger partial charge in [0, 0.05) is 6.61 Å². The number of hydrogen-bond donors (Lipinski definition) is 4. The van der Waals surface area contributed by atoms with Crippen LogP contribution in [0.1, 0.15) is 6.42 Å². The molecule has 1 amide bonds. The second-order valence-corrected chi connectivity index (χ2v) is 3.84. The first-order valence-corrected chi connectivity index (χ1v) is 5.13. The van der Waals surface area contributed by atoms with Gasteiger partial charge in [-0.3, -0.25) is 15.3 Å². The van der Waals surface area contributed by atoms with Crippen LogP contribution in [-0.4, -0.2) is 52.4 Å². The number of carboxylic acid groups (broad SMARTS) is 1. The number of nitrogens with two attached hydrogens (primary N) is 1. The number of carboxylic acids is 1. The Morgan fingerprint density at radius 3 is 2.94 bits per heavy atom. The van der Waals surface area contributed by atoms with Crippen molar-refractivity contribution in [1.82, 2.24) is 5.32 Å². The van der Waals surface area contributed by atoms with E-state index in [4.69, 9.17) is 15.9 Å². The Morgan fingerprint density at radius 1 is 1.61 bits per heavy atom. The van der Waals surface area contributed by atoms with Crippen LogP contribution in [0.3, 0.4) is 0 Å². The Morgan fingerprint density at radius 2 is 2.33 bits per heavy atom. The highest BCUT2D eigenvalue weighted by molar-refractivity contribution is 6.69. The molecule has 0 aliphatic carbocycles. The van der Waals surface area contributed by atoms with E-state index in [1.165, 1.54) is 0 Å². The largest absolute Gasteiger partial charge is 0.481 e. The number of nitrogens with one attached hydrogen (secondary N) is 1. The second-order valence-electron chi connectivity index (χ2n) is 3.84. The van der Waals surface area contributed by atoms with Crippen LogP contribution in [0, 0.1) is 5.92 Å². The lowest BCUT2D eigenvalue weighted by molar-refractivity contribution is -0.145. The number of amidine groups is 1. The zero-order valence-electron chi connectivity index (χ0n) is 9.20. The number of carbonyl (C=O) groups excluding carboxylic acids is 1. The molecule has 9 nitrogen and oxygen atoms in total. The van der Waals surface area contributed by atoms with E-state index >= 15 is 0 Å². The molecule has 2 unspecified atom stereocenters. The van der Waals surface area contributed by atoms with Gasteiger partial charge in [-0.25, -0.2) is 15.0 Å². The van der Waals surface area contributed by atoms with Gasteiger partial charge in [0.1, 0.15) is 12.3 Å². The number of nitrogens with zero attached hydrogens (tertiary/aromatic N) is 3. The quantitative estimate of drug-likeness (QED) is 0.444. The molecule has 0 saturated carbocycles. The monoisotopic (exact) mass is 253 g/mol. The van der Waals surface area contributed by atoms with Crippen LogP contribution in [0.4, 0.5) is 0 Å². The van der Waals surface area contributed by atoms with Crippen molar-refractivity contribution in [3.05, 3.63) is 0 Å². The number of amides is 1. The van der Waals surface area contributed by atoms with Crippen molar-refractivity contribution in [3.8, 4) is 0 Å². The van der Waals surface area contributed by atoms with Crippen molar-refractivity contribution in [3.63, 3.8) is 0 Å². The Bertz CT molecular complexity index is 497. The fourth-order valence-electron chi connectivity index (χ4n) is 1.77. The van der Waals surface area contributed by atoms with Gasteiger partial charge in [-0.15, -0.1) is 0 Å². The van der Waals surface area contributed by atoms with Gasteiger partial charge in [-0.05, 0) is 6.42 Å². The van der Waals surface area contributed by atoms with Crippen LogP contribution in [0.15, 0.2) is 15.0 Å². The summed E-state index contributed by atoms with van der Waals surface area (Å²) in [6.07, 6.45) is 1.00. The third kappa shape index (κ3) is 1.89. The number of aliphatic hydroxyl groups is 1. The number of rotatable bonds is 4. The zero-order chi connectivity index (χ0) is 13.3. The van der Waals surface area contributed by atoms with Crippen molar-refractivity contribution >= 4 is 29.8 Å². The van der Waals surface area contributed by atoms with Crippen LogP contribution in [-0.2, 0) is 9.59 Å². The van der Waals surface area contributed by atoms with Crippen molar-refractivity contribution in [1.29, 1.82) is 0 Å². The molecule has 2 rings (SSSR count). The van der Waals surface area contributed by atoms with Crippen molar-refractivity contribution in [2.24, 2.45) is 26.6 Å². The highest BCUT2D eigenvalue weighted by atomic mass is 16.4. The van der Waals surface area contributed by atoms with E-state index in [9.17, 15) is 9.59 Å². The van der Waals surface area contributed by atoms with Crippen LogP contribution < -0.4 is 11.1 Å². The summed E-state index contributed by atoms with van der Waals surface area (Å²) in [5, 5.41) is 20.2. The molecule has 0 saturated heterocycles. The molecule has 9 heteroatoms. The highest BCUT2D eigenvalue weighted by Crippen LogP contribution is 2.22. The van der Waals surface area contributed by atoms with Crippen LogP contribution in [0.25, 0.3) is 0 Å². The molecule has 0 aromatic heterocycles. The van der Waals surface area contributed by atoms with E-state index in [2.05, 4.69) is 20.3 Å². The molecule has 2 aliphatic heterocycles. The summed E-state index contributed by atoms with van der Waals surface area (Å²) in [4.78, 5) is 34.1. The van der Waals surface area contributed by atoms with Crippen LogP contribution in [0.5, 0.6) is 0 Å². The maximum atomic E-state index is 11.7. The topological polar surface area (TPSA) is 150 Å². The molecule has 0 spiro atoms. The number of aliphatic hydroxyl groups excluding tert-OH is 1. The molecule has 2 aliphatic rings. The van der Waals surface area contributed by atoms with Gasteiger partial charge >= 0.3 is 5.97 Å². The van der Waals surface area contributed by atoms with E-state index in [0.717, 1.165) is 6.34 Å². The van der Waals surface area contributed by atoms with Gasteiger partial charge in [-0.1, -0.05) is 0 Å². The minimum Gasteiger partial charge on any atom is -0.481 e. The predicted molar refractivity (Wildman–Crippen MR) is 61.3 cm³/mol.